The number of hydrogen-bond acceptors (Lipinski definition) is 4. The van der Waals surface area contributed by atoms with Crippen LogP contribution in [0.15, 0.2) is 24.3 Å². The largest absolute Gasteiger partial charge is 0.356 e. The molecular weight excluding hydrogens is 451 g/mol. The second-order valence-electron chi connectivity index (χ2n) is 8.48. The van der Waals surface area contributed by atoms with E-state index < -0.39 is 29.5 Å². The van der Waals surface area contributed by atoms with Gasteiger partial charge in [0.05, 0.1) is 24.0 Å². The van der Waals surface area contributed by atoms with E-state index in [-0.39, 0.29) is 41.9 Å². The lowest BCUT2D eigenvalue weighted by Gasteiger charge is -2.19. The van der Waals surface area contributed by atoms with Crippen LogP contribution in [-0.4, -0.2) is 53.5 Å². The smallest absolute Gasteiger partial charge is 0.268 e. The molecule has 1 aromatic heterocycles. The van der Waals surface area contributed by atoms with Gasteiger partial charge in [0.1, 0.15) is 11.5 Å². The Hall–Kier alpha value is -2.94. The van der Waals surface area contributed by atoms with Crippen LogP contribution in [0.5, 0.6) is 0 Å². The fourth-order valence-corrected chi connectivity index (χ4v) is 3.61. The van der Waals surface area contributed by atoms with Crippen LogP contribution in [-0.2, 0) is 14.4 Å². The molecule has 2 heterocycles. The van der Waals surface area contributed by atoms with E-state index in [1.807, 2.05) is 0 Å². The van der Waals surface area contributed by atoms with Gasteiger partial charge in [-0.3, -0.25) is 19.2 Å². The number of fused-ring (bicyclic) bond motifs is 1. The molecule has 3 amide bonds. The zero-order valence-electron chi connectivity index (χ0n) is 18.4. The van der Waals surface area contributed by atoms with Crippen LogP contribution in [0.25, 0.3) is 10.9 Å². The summed E-state index contributed by atoms with van der Waals surface area (Å²) in [5.41, 5.74) is 0.304. The first-order valence-corrected chi connectivity index (χ1v) is 11.5. The predicted octanol–water partition coefficient (Wildman–Crippen LogP) is 2.27. The Morgan fingerprint density at radius 2 is 1.97 bits per heavy atom. The number of halogens is 2. The number of ketones is 1. The Morgan fingerprint density at radius 1 is 1.24 bits per heavy atom. The molecule has 1 saturated heterocycles. The van der Waals surface area contributed by atoms with Crippen LogP contribution in [0.4, 0.5) is 4.39 Å². The molecular formula is C23H28ClFN4O4. The number of carbonyl (C=O) groups is 4. The molecule has 0 bridgehead atoms. The third-order valence-corrected chi connectivity index (χ3v) is 5.93. The van der Waals surface area contributed by atoms with Crippen molar-refractivity contribution in [1.82, 2.24) is 20.9 Å². The van der Waals surface area contributed by atoms with Gasteiger partial charge in [-0.2, -0.15) is 0 Å². The van der Waals surface area contributed by atoms with Crippen molar-refractivity contribution >= 4 is 46.0 Å². The van der Waals surface area contributed by atoms with Crippen molar-refractivity contribution in [3.05, 3.63) is 35.8 Å². The van der Waals surface area contributed by atoms with Crippen molar-refractivity contribution in [1.29, 1.82) is 0 Å². The molecule has 0 radical (unpaired) electrons. The van der Waals surface area contributed by atoms with Crippen LogP contribution in [0, 0.1) is 17.7 Å². The van der Waals surface area contributed by atoms with E-state index in [1.165, 1.54) is 31.0 Å². The maximum atomic E-state index is 13.7. The quantitative estimate of drug-likeness (QED) is 0.435. The molecule has 2 fully saturated rings. The number of aromatic amines is 1. The highest BCUT2D eigenvalue weighted by Gasteiger charge is 2.30. The Kier molecular flexibility index (Phi) is 8.43. The van der Waals surface area contributed by atoms with Crippen molar-refractivity contribution in [3.8, 4) is 0 Å². The highest BCUT2D eigenvalue weighted by Crippen LogP contribution is 2.26. The molecule has 178 valence electrons. The molecule has 2 aromatic rings. The SMILES string of the molecule is CC1CC1.O=C(CNC(=O)c1cc2cccc(F)c2[nH]1)N[C@@H](C[C@@H]1CCNC1=O)C(=O)CCl. The third kappa shape index (κ3) is 7.02. The van der Waals surface area contributed by atoms with Gasteiger partial charge < -0.3 is 20.9 Å². The minimum Gasteiger partial charge on any atom is -0.356 e. The van der Waals surface area contributed by atoms with E-state index in [0.717, 1.165) is 5.92 Å². The van der Waals surface area contributed by atoms with Crippen LogP contribution >= 0.6 is 11.6 Å². The standard InChI is InChI=1S/C19H20ClFN4O4.C4H8/c20-8-15(26)13(7-11-4-5-22-18(11)28)24-16(27)9-23-19(29)14-6-10-2-1-3-12(21)17(10)25-14;1-4-2-3-4/h1-3,6,11,13,25H,4-5,7-9H2,(H,22,28)(H,23,29)(H,24,27);4H,2-3H2,1H3/t11-,13-;/m0./s1. The van der Waals surface area contributed by atoms with Gasteiger partial charge in [0, 0.05) is 17.8 Å². The van der Waals surface area contributed by atoms with Crippen molar-refractivity contribution in [3.63, 3.8) is 0 Å². The number of amides is 3. The number of carbonyl (C=O) groups excluding carboxylic acids is 4. The second kappa shape index (κ2) is 11.3. The Morgan fingerprint density at radius 3 is 2.55 bits per heavy atom. The predicted molar refractivity (Wildman–Crippen MR) is 122 cm³/mol. The molecule has 1 aliphatic carbocycles. The van der Waals surface area contributed by atoms with Gasteiger partial charge in [-0.25, -0.2) is 4.39 Å². The first kappa shape index (κ1) is 24.7. The summed E-state index contributed by atoms with van der Waals surface area (Å²) in [5, 5.41) is 8.14. The topological polar surface area (TPSA) is 120 Å². The molecule has 4 N–H and O–H groups in total. The Balaban J connectivity index is 0.000000690. The van der Waals surface area contributed by atoms with E-state index in [9.17, 15) is 23.6 Å². The zero-order valence-corrected chi connectivity index (χ0v) is 19.1. The van der Waals surface area contributed by atoms with Gasteiger partial charge in [-0.1, -0.05) is 31.9 Å². The summed E-state index contributed by atoms with van der Waals surface area (Å²) < 4.78 is 13.7. The van der Waals surface area contributed by atoms with Gasteiger partial charge in [0.2, 0.25) is 11.8 Å². The fraction of sp³-hybridized carbons (Fsp3) is 0.478. The number of H-pyrrole nitrogens is 1. The number of aromatic nitrogens is 1. The molecule has 33 heavy (non-hydrogen) atoms. The summed E-state index contributed by atoms with van der Waals surface area (Å²) in [5.74, 6) is -1.83. The summed E-state index contributed by atoms with van der Waals surface area (Å²) in [4.78, 5) is 50.9. The molecule has 2 atom stereocenters. The maximum absolute atomic E-state index is 13.7. The van der Waals surface area contributed by atoms with E-state index in [4.69, 9.17) is 11.6 Å². The average Bonchev–Trinajstić information content (AvgIpc) is 3.28. The number of benzene rings is 1. The molecule has 1 aromatic carbocycles. The molecule has 0 spiro atoms. The summed E-state index contributed by atoms with van der Waals surface area (Å²) in [6.07, 6.45) is 3.70. The van der Waals surface area contributed by atoms with Crippen LogP contribution in [0.1, 0.15) is 43.1 Å². The highest BCUT2D eigenvalue weighted by molar-refractivity contribution is 6.28. The molecule has 8 nitrogen and oxygen atoms in total. The summed E-state index contributed by atoms with van der Waals surface area (Å²) in [7, 11) is 0. The maximum Gasteiger partial charge on any atom is 0.268 e. The van der Waals surface area contributed by atoms with Crippen molar-refractivity contribution in [2.24, 2.45) is 11.8 Å². The second-order valence-corrected chi connectivity index (χ2v) is 8.75. The molecule has 0 unspecified atom stereocenters. The number of Topliss-reactive ketones (excluding diaryl/α,β-unsaturated/α-hetero) is 1. The van der Waals surface area contributed by atoms with Crippen molar-refractivity contribution in [2.75, 3.05) is 19.0 Å². The monoisotopic (exact) mass is 478 g/mol. The van der Waals surface area contributed by atoms with E-state index >= 15 is 0 Å². The van der Waals surface area contributed by atoms with E-state index in [2.05, 4.69) is 27.9 Å². The summed E-state index contributed by atoms with van der Waals surface area (Å²) in [6.45, 7) is 2.42. The minimum absolute atomic E-state index is 0.105. The van der Waals surface area contributed by atoms with Gasteiger partial charge >= 0.3 is 0 Å². The molecule has 2 aliphatic rings. The average molecular weight is 479 g/mol. The number of hydrogen-bond donors (Lipinski definition) is 4. The first-order valence-electron chi connectivity index (χ1n) is 11.0. The Bertz CT molecular complexity index is 1040. The molecule has 1 saturated carbocycles. The van der Waals surface area contributed by atoms with Gasteiger partial charge in [-0.05, 0) is 30.9 Å². The van der Waals surface area contributed by atoms with Crippen LogP contribution in [0.2, 0.25) is 0 Å². The number of alkyl halides is 1. The third-order valence-electron chi connectivity index (χ3n) is 5.66. The molecule has 4 rings (SSSR count). The first-order chi connectivity index (χ1) is 15.8. The minimum atomic E-state index is -0.909. The normalized spacial score (nSPS) is 18.2. The number of rotatable bonds is 8. The highest BCUT2D eigenvalue weighted by atomic mass is 35.5. The summed E-state index contributed by atoms with van der Waals surface area (Å²) in [6, 6.07) is 5.02. The number of nitrogens with one attached hydrogen (secondary N) is 4. The number of para-hydroxylation sites is 1. The van der Waals surface area contributed by atoms with Crippen LogP contribution < -0.4 is 16.0 Å². The fourth-order valence-electron chi connectivity index (χ4n) is 3.43. The zero-order chi connectivity index (χ0) is 24.0. The Labute approximate surface area is 196 Å². The lowest BCUT2D eigenvalue weighted by atomic mass is 9.96. The van der Waals surface area contributed by atoms with Gasteiger partial charge in [0.25, 0.3) is 5.91 Å². The lowest BCUT2D eigenvalue weighted by molar-refractivity contribution is -0.128. The van der Waals surface area contributed by atoms with Gasteiger partial charge in [0.15, 0.2) is 5.78 Å². The van der Waals surface area contributed by atoms with Crippen LogP contribution in [0.3, 0.4) is 0 Å². The van der Waals surface area contributed by atoms with E-state index in [0.29, 0.717) is 18.4 Å². The van der Waals surface area contributed by atoms with E-state index in [1.54, 1.807) is 6.07 Å². The van der Waals surface area contributed by atoms with Crippen molar-refractivity contribution in [2.45, 2.75) is 38.6 Å². The molecule has 1 aliphatic heterocycles. The van der Waals surface area contributed by atoms with Gasteiger partial charge in [-0.15, -0.1) is 11.6 Å². The van der Waals surface area contributed by atoms with Crippen molar-refractivity contribution < 1.29 is 23.6 Å². The summed E-state index contributed by atoms with van der Waals surface area (Å²) >= 11 is 5.61. The lowest BCUT2D eigenvalue weighted by Crippen LogP contribution is -2.47. The molecule has 10 heteroatoms.